The molecule has 1 saturated heterocycles. The Labute approximate surface area is 187 Å². The lowest BCUT2D eigenvalue weighted by Gasteiger charge is -2.33. The van der Waals surface area contributed by atoms with E-state index in [-0.39, 0.29) is 4.90 Å². The Morgan fingerprint density at radius 1 is 1.06 bits per heavy atom. The lowest BCUT2D eigenvalue weighted by atomic mass is 10.2. The molecule has 1 amide bonds. The molecule has 0 saturated carbocycles. The number of rotatable bonds is 5. The van der Waals surface area contributed by atoms with Gasteiger partial charge in [0.05, 0.1) is 9.92 Å². The Balaban J connectivity index is 1.58. The second-order valence-electron chi connectivity index (χ2n) is 7.56. The molecular formula is C22H25ClN4O3S. The Morgan fingerprint density at radius 2 is 1.77 bits per heavy atom. The van der Waals surface area contributed by atoms with Gasteiger partial charge >= 0.3 is 0 Å². The molecular weight excluding hydrogens is 436 g/mol. The molecule has 2 aromatic carbocycles. The van der Waals surface area contributed by atoms with E-state index < -0.39 is 15.9 Å². The number of likely N-dealkylation sites (N-methyl/N-ethyl adjacent to an activating group) is 1. The smallest absolute Gasteiger partial charge is 0.273 e. The molecule has 7 nitrogen and oxygen atoms in total. The quantitative estimate of drug-likeness (QED) is 0.633. The van der Waals surface area contributed by atoms with Crippen LogP contribution in [0.4, 0.5) is 5.69 Å². The third kappa shape index (κ3) is 4.08. The van der Waals surface area contributed by atoms with Crippen molar-refractivity contribution in [3.8, 4) is 0 Å². The van der Waals surface area contributed by atoms with Crippen LogP contribution in [0.15, 0.2) is 53.4 Å². The van der Waals surface area contributed by atoms with Crippen LogP contribution in [0.25, 0.3) is 10.9 Å². The van der Waals surface area contributed by atoms with Gasteiger partial charge in [0.2, 0.25) is 10.0 Å². The van der Waals surface area contributed by atoms with Crippen molar-refractivity contribution in [2.45, 2.75) is 11.8 Å². The van der Waals surface area contributed by atoms with Crippen molar-refractivity contribution in [3.63, 3.8) is 0 Å². The van der Waals surface area contributed by atoms with E-state index >= 15 is 0 Å². The van der Waals surface area contributed by atoms with Crippen LogP contribution in [0.5, 0.6) is 0 Å². The number of sulfonamides is 1. The standard InChI is InChI=1S/C22H25ClN4O3S/c1-3-26-11-13-27(14-12-26)31(29,30)17-8-6-7-16(15-17)24-22(28)21-20(23)18-9-4-5-10-19(18)25(21)2/h4-10,15H,3,11-14H2,1-2H3,(H,24,28). The number of fused-ring (bicyclic) bond motifs is 1. The molecule has 2 heterocycles. The number of carbonyl (C=O) groups is 1. The molecule has 164 valence electrons. The Morgan fingerprint density at radius 3 is 2.45 bits per heavy atom. The molecule has 0 radical (unpaired) electrons. The number of aromatic nitrogens is 1. The Hall–Kier alpha value is -2.39. The van der Waals surface area contributed by atoms with Gasteiger partial charge < -0.3 is 14.8 Å². The third-order valence-corrected chi connectivity index (χ3v) is 8.05. The number of carbonyl (C=O) groups excluding carboxylic acids is 1. The van der Waals surface area contributed by atoms with Gasteiger partial charge in [0, 0.05) is 49.8 Å². The fourth-order valence-electron chi connectivity index (χ4n) is 3.96. The van der Waals surface area contributed by atoms with Crippen LogP contribution in [0, 0.1) is 0 Å². The second kappa shape index (κ2) is 8.63. The maximum absolute atomic E-state index is 13.1. The molecule has 0 atom stereocenters. The number of anilines is 1. The molecule has 1 fully saturated rings. The number of nitrogens with one attached hydrogen (secondary N) is 1. The number of hydrogen-bond acceptors (Lipinski definition) is 4. The monoisotopic (exact) mass is 460 g/mol. The molecule has 0 bridgehead atoms. The second-order valence-corrected chi connectivity index (χ2v) is 9.87. The summed E-state index contributed by atoms with van der Waals surface area (Å²) in [5, 5.41) is 3.96. The van der Waals surface area contributed by atoms with Gasteiger partial charge in [-0.25, -0.2) is 8.42 Å². The first-order valence-corrected chi connectivity index (χ1v) is 12.0. The summed E-state index contributed by atoms with van der Waals surface area (Å²) < 4.78 is 29.4. The van der Waals surface area contributed by atoms with E-state index in [0.29, 0.717) is 42.6 Å². The van der Waals surface area contributed by atoms with Gasteiger partial charge in [0.15, 0.2) is 0 Å². The molecule has 9 heteroatoms. The van der Waals surface area contributed by atoms with Gasteiger partial charge in [0.25, 0.3) is 5.91 Å². The van der Waals surface area contributed by atoms with Gasteiger partial charge in [-0.1, -0.05) is 42.8 Å². The number of aryl methyl sites for hydroxylation is 1. The van der Waals surface area contributed by atoms with Crippen molar-refractivity contribution >= 4 is 44.1 Å². The summed E-state index contributed by atoms with van der Waals surface area (Å²) in [6.07, 6.45) is 0. The highest BCUT2D eigenvalue weighted by Gasteiger charge is 2.28. The molecule has 0 unspecified atom stereocenters. The highest BCUT2D eigenvalue weighted by molar-refractivity contribution is 7.89. The minimum Gasteiger partial charge on any atom is -0.338 e. The Bertz CT molecular complexity index is 1190. The SMILES string of the molecule is CCN1CCN(S(=O)(=O)c2cccc(NC(=O)c3c(Cl)c4ccccc4n3C)c2)CC1. The van der Waals surface area contributed by atoms with Crippen LogP contribution in [0.3, 0.4) is 0 Å². The summed E-state index contributed by atoms with van der Waals surface area (Å²) >= 11 is 6.46. The first kappa shape index (κ1) is 21.8. The maximum Gasteiger partial charge on any atom is 0.273 e. The summed E-state index contributed by atoms with van der Waals surface area (Å²) in [4.78, 5) is 15.4. The van der Waals surface area contributed by atoms with Crippen molar-refractivity contribution in [1.29, 1.82) is 0 Å². The Kier molecular flexibility index (Phi) is 6.07. The molecule has 0 spiro atoms. The molecule has 1 aliphatic rings. The minimum absolute atomic E-state index is 0.165. The van der Waals surface area contributed by atoms with E-state index in [1.54, 1.807) is 29.8 Å². The minimum atomic E-state index is -3.63. The number of amides is 1. The van der Waals surface area contributed by atoms with E-state index in [9.17, 15) is 13.2 Å². The van der Waals surface area contributed by atoms with Crippen molar-refractivity contribution in [1.82, 2.24) is 13.8 Å². The lowest BCUT2D eigenvalue weighted by molar-refractivity contribution is 0.102. The first-order valence-electron chi connectivity index (χ1n) is 10.2. The summed E-state index contributed by atoms with van der Waals surface area (Å²) in [5.74, 6) is -0.394. The number of nitrogens with zero attached hydrogens (tertiary/aromatic N) is 3. The molecule has 4 rings (SSSR count). The van der Waals surface area contributed by atoms with E-state index in [2.05, 4.69) is 17.1 Å². The number of benzene rings is 2. The summed E-state index contributed by atoms with van der Waals surface area (Å²) in [5.41, 5.74) is 1.58. The van der Waals surface area contributed by atoms with Crippen LogP contribution in [0.1, 0.15) is 17.4 Å². The van der Waals surface area contributed by atoms with Crippen LogP contribution < -0.4 is 5.32 Å². The van der Waals surface area contributed by atoms with Crippen molar-refractivity contribution in [2.75, 3.05) is 38.0 Å². The first-order chi connectivity index (χ1) is 14.8. The summed E-state index contributed by atoms with van der Waals surface area (Å²) in [6, 6.07) is 13.9. The molecule has 1 aliphatic heterocycles. The number of hydrogen-bond donors (Lipinski definition) is 1. The van der Waals surface area contributed by atoms with E-state index in [1.807, 2.05) is 24.3 Å². The highest BCUT2D eigenvalue weighted by Crippen LogP contribution is 2.30. The average Bonchev–Trinajstić information content (AvgIpc) is 3.04. The lowest BCUT2D eigenvalue weighted by Crippen LogP contribution is -2.48. The predicted molar refractivity (Wildman–Crippen MR) is 123 cm³/mol. The van der Waals surface area contributed by atoms with Gasteiger partial charge in [-0.15, -0.1) is 0 Å². The molecule has 31 heavy (non-hydrogen) atoms. The van der Waals surface area contributed by atoms with E-state index in [4.69, 9.17) is 11.6 Å². The summed E-state index contributed by atoms with van der Waals surface area (Å²) in [7, 11) is -1.85. The van der Waals surface area contributed by atoms with Gasteiger partial charge in [-0.3, -0.25) is 4.79 Å². The van der Waals surface area contributed by atoms with E-state index in [0.717, 1.165) is 17.4 Å². The van der Waals surface area contributed by atoms with Gasteiger partial charge in [-0.2, -0.15) is 4.31 Å². The van der Waals surface area contributed by atoms with Crippen LogP contribution in [-0.4, -0.2) is 60.8 Å². The largest absolute Gasteiger partial charge is 0.338 e. The van der Waals surface area contributed by atoms with Crippen molar-refractivity contribution < 1.29 is 13.2 Å². The average molecular weight is 461 g/mol. The normalized spacial score (nSPS) is 16.0. The number of piperazine rings is 1. The molecule has 1 N–H and O–H groups in total. The number of halogens is 1. The molecule has 1 aromatic heterocycles. The zero-order valence-electron chi connectivity index (χ0n) is 17.5. The van der Waals surface area contributed by atoms with Gasteiger partial charge in [-0.05, 0) is 30.8 Å². The number of para-hydroxylation sites is 1. The van der Waals surface area contributed by atoms with Crippen molar-refractivity contribution in [3.05, 3.63) is 59.2 Å². The van der Waals surface area contributed by atoms with E-state index in [1.165, 1.54) is 10.4 Å². The van der Waals surface area contributed by atoms with Crippen LogP contribution in [-0.2, 0) is 17.1 Å². The third-order valence-electron chi connectivity index (χ3n) is 5.77. The van der Waals surface area contributed by atoms with Crippen molar-refractivity contribution in [2.24, 2.45) is 7.05 Å². The fraction of sp³-hybridized carbons (Fsp3) is 0.318. The molecule has 0 aliphatic carbocycles. The van der Waals surface area contributed by atoms with Crippen LogP contribution in [0.2, 0.25) is 5.02 Å². The fourth-order valence-corrected chi connectivity index (χ4v) is 5.80. The van der Waals surface area contributed by atoms with Crippen LogP contribution >= 0.6 is 11.6 Å². The summed E-state index contributed by atoms with van der Waals surface area (Å²) in [6.45, 7) is 5.32. The highest BCUT2D eigenvalue weighted by atomic mass is 35.5. The maximum atomic E-state index is 13.1. The predicted octanol–water partition coefficient (Wildman–Crippen LogP) is 3.41. The van der Waals surface area contributed by atoms with Gasteiger partial charge in [0.1, 0.15) is 5.69 Å². The zero-order chi connectivity index (χ0) is 22.2. The zero-order valence-corrected chi connectivity index (χ0v) is 19.1. The topological polar surface area (TPSA) is 74.7 Å². The molecule has 3 aromatic rings.